The fraction of sp³-hybridized carbons (Fsp3) is 0.526. The topological polar surface area (TPSA) is 117 Å². The predicted molar refractivity (Wildman–Crippen MR) is 101 cm³/mol. The van der Waals surface area contributed by atoms with Crippen LogP contribution in [0.15, 0.2) is 30.3 Å². The Kier molecular flexibility index (Phi) is 6.41. The van der Waals surface area contributed by atoms with Crippen molar-refractivity contribution < 1.29 is 14.4 Å². The summed E-state index contributed by atoms with van der Waals surface area (Å²) in [4.78, 5) is 38.9. The molecule has 0 saturated carbocycles. The molecule has 5 N–H and O–H groups in total. The smallest absolute Gasteiger partial charge is 0.251 e. The summed E-state index contributed by atoms with van der Waals surface area (Å²) in [6.45, 7) is 1.88. The summed E-state index contributed by atoms with van der Waals surface area (Å²) >= 11 is 0. The molecule has 0 aromatic heterocycles. The van der Waals surface area contributed by atoms with E-state index in [-0.39, 0.29) is 36.3 Å². The highest BCUT2D eigenvalue weighted by atomic mass is 16.2. The monoisotopic (exact) mass is 373 g/mol. The van der Waals surface area contributed by atoms with E-state index in [4.69, 9.17) is 5.73 Å². The molecule has 0 radical (unpaired) electrons. The minimum absolute atomic E-state index is 0.117. The van der Waals surface area contributed by atoms with Gasteiger partial charge in [0.05, 0.1) is 6.54 Å². The van der Waals surface area contributed by atoms with Crippen LogP contribution >= 0.6 is 0 Å². The molecule has 2 atom stereocenters. The fourth-order valence-electron chi connectivity index (χ4n) is 3.70. The number of likely N-dealkylation sites (tertiary alicyclic amines) is 1. The molecule has 2 aliphatic heterocycles. The van der Waals surface area contributed by atoms with Gasteiger partial charge in [-0.2, -0.15) is 0 Å². The Bertz CT molecular complexity index is 675. The average molecular weight is 373 g/mol. The van der Waals surface area contributed by atoms with Gasteiger partial charge in [0.25, 0.3) is 5.91 Å². The van der Waals surface area contributed by atoms with Crippen molar-refractivity contribution in [3.8, 4) is 0 Å². The summed E-state index contributed by atoms with van der Waals surface area (Å²) in [6, 6.07) is 8.13. The van der Waals surface area contributed by atoms with Gasteiger partial charge in [-0.3, -0.25) is 14.4 Å². The SMILES string of the molecule is NCC(=O)N1C[C@H](NC(=O)c2ccccc2)C[C@H]1C(=O)NC1CCNCC1. The summed E-state index contributed by atoms with van der Waals surface area (Å²) in [5.41, 5.74) is 6.07. The van der Waals surface area contributed by atoms with Gasteiger partial charge in [0.2, 0.25) is 11.8 Å². The number of nitrogens with zero attached hydrogens (tertiary/aromatic N) is 1. The first kappa shape index (κ1) is 19.3. The second-order valence-corrected chi connectivity index (χ2v) is 7.07. The van der Waals surface area contributed by atoms with Crippen LogP contribution in [0.1, 0.15) is 29.6 Å². The van der Waals surface area contributed by atoms with E-state index in [9.17, 15) is 14.4 Å². The maximum atomic E-state index is 12.8. The number of carbonyl (C=O) groups is 3. The first-order chi connectivity index (χ1) is 13.1. The Morgan fingerprint density at radius 3 is 2.44 bits per heavy atom. The zero-order chi connectivity index (χ0) is 19.2. The normalized spacial score (nSPS) is 23.1. The Labute approximate surface area is 158 Å². The second-order valence-electron chi connectivity index (χ2n) is 7.07. The number of amides is 3. The third-order valence-electron chi connectivity index (χ3n) is 5.16. The number of hydrogen-bond acceptors (Lipinski definition) is 5. The maximum Gasteiger partial charge on any atom is 0.251 e. The Morgan fingerprint density at radius 1 is 1.07 bits per heavy atom. The highest BCUT2D eigenvalue weighted by molar-refractivity contribution is 5.95. The molecule has 3 amide bonds. The molecule has 0 spiro atoms. The van der Waals surface area contributed by atoms with Crippen molar-refractivity contribution in [1.82, 2.24) is 20.9 Å². The molecule has 1 aromatic rings. The lowest BCUT2D eigenvalue weighted by Crippen LogP contribution is -2.51. The Balaban J connectivity index is 1.64. The molecule has 8 nitrogen and oxygen atoms in total. The van der Waals surface area contributed by atoms with Crippen LogP contribution in [-0.2, 0) is 9.59 Å². The van der Waals surface area contributed by atoms with Gasteiger partial charge in [-0.1, -0.05) is 18.2 Å². The fourth-order valence-corrected chi connectivity index (χ4v) is 3.70. The van der Waals surface area contributed by atoms with E-state index in [1.165, 1.54) is 4.90 Å². The third kappa shape index (κ3) is 4.84. The minimum atomic E-state index is -0.600. The van der Waals surface area contributed by atoms with Crippen LogP contribution in [-0.4, -0.2) is 66.9 Å². The molecule has 3 rings (SSSR count). The summed E-state index contributed by atoms with van der Waals surface area (Å²) in [6.07, 6.45) is 2.13. The van der Waals surface area contributed by atoms with Crippen LogP contribution in [0.2, 0.25) is 0 Å². The molecular formula is C19H27N5O3. The molecule has 0 bridgehead atoms. The molecule has 2 aliphatic rings. The molecule has 2 saturated heterocycles. The zero-order valence-corrected chi connectivity index (χ0v) is 15.3. The average Bonchev–Trinajstić information content (AvgIpc) is 3.12. The molecule has 2 heterocycles. The van der Waals surface area contributed by atoms with E-state index in [0.717, 1.165) is 25.9 Å². The lowest BCUT2D eigenvalue weighted by molar-refractivity contribution is -0.137. The van der Waals surface area contributed by atoms with E-state index in [0.29, 0.717) is 18.5 Å². The van der Waals surface area contributed by atoms with Crippen molar-refractivity contribution in [2.45, 2.75) is 37.4 Å². The maximum absolute atomic E-state index is 12.8. The highest BCUT2D eigenvalue weighted by Crippen LogP contribution is 2.19. The molecule has 27 heavy (non-hydrogen) atoms. The van der Waals surface area contributed by atoms with Crippen molar-refractivity contribution in [2.75, 3.05) is 26.2 Å². The van der Waals surface area contributed by atoms with Crippen molar-refractivity contribution in [2.24, 2.45) is 5.73 Å². The molecule has 1 aromatic carbocycles. The predicted octanol–water partition coefficient (Wildman–Crippen LogP) is -0.787. The standard InChI is InChI=1S/C19H27N5O3/c20-11-17(25)24-12-15(23-18(26)13-4-2-1-3-5-13)10-16(24)19(27)22-14-6-8-21-9-7-14/h1-5,14-16,21H,6-12,20H2,(H,22,27)(H,23,26)/t15-,16+/m1/s1. The molecule has 0 unspecified atom stereocenters. The van der Waals surface area contributed by atoms with Gasteiger partial charge in [0.1, 0.15) is 6.04 Å². The largest absolute Gasteiger partial charge is 0.351 e. The van der Waals surface area contributed by atoms with Crippen LogP contribution in [0, 0.1) is 0 Å². The molecule has 8 heteroatoms. The van der Waals surface area contributed by atoms with Crippen molar-refractivity contribution in [3.63, 3.8) is 0 Å². The summed E-state index contributed by atoms with van der Waals surface area (Å²) < 4.78 is 0. The molecule has 2 fully saturated rings. The van der Waals surface area contributed by atoms with E-state index in [1.807, 2.05) is 6.07 Å². The quantitative estimate of drug-likeness (QED) is 0.540. The summed E-state index contributed by atoms with van der Waals surface area (Å²) in [7, 11) is 0. The number of rotatable bonds is 5. The number of carbonyl (C=O) groups excluding carboxylic acids is 3. The number of benzene rings is 1. The number of piperidine rings is 1. The van der Waals surface area contributed by atoms with E-state index in [1.54, 1.807) is 24.3 Å². The first-order valence-corrected chi connectivity index (χ1v) is 9.45. The molecule has 0 aliphatic carbocycles. The lowest BCUT2D eigenvalue weighted by Gasteiger charge is -2.28. The van der Waals surface area contributed by atoms with Crippen LogP contribution in [0.25, 0.3) is 0 Å². The van der Waals surface area contributed by atoms with E-state index in [2.05, 4.69) is 16.0 Å². The Morgan fingerprint density at radius 2 is 1.78 bits per heavy atom. The van der Waals surface area contributed by atoms with E-state index >= 15 is 0 Å². The van der Waals surface area contributed by atoms with Crippen molar-refractivity contribution in [1.29, 1.82) is 0 Å². The zero-order valence-electron chi connectivity index (χ0n) is 15.3. The van der Waals surface area contributed by atoms with Gasteiger partial charge >= 0.3 is 0 Å². The van der Waals surface area contributed by atoms with Gasteiger partial charge in [0.15, 0.2) is 0 Å². The van der Waals surface area contributed by atoms with Crippen LogP contribution in [0.4, 0.5) is 0 Å². The minimum Gasteiger partial charge on any atom is -0.351 e. The Hall–Kier alpha value is -2.45. The van der Waals surface area contributed by atoms with Crippen molar-refractivity contribution >= 4 is 17.7 Å². The summed E-state index contributed by atoms with van der Waals surface area (Å²) in [5.74, 6) is -0.655. The van der Waals surface area contributed by atoms with Gasteiger partial charge in [-0.25, -0.2) is 0 Å². The lowest BCUT2D eigenvalue weighted by atomic mass is 10.1. The van der Waals surface area contributed by atoms with Crippen LogP contribution in [0.3, 0.4) is 0 Å². The third-order valence-corrected chi connectivity index (χ3v) is 5.16. The number of nitrogens with one attached hydrogen (secondary N) is 3. The van der Waals surface area contributed by atoms with Gasteiger partial charge in [-0.05, 0) is 44.5 Å². The number of nitrogens with two attached hydrogens (primary N) is 1. The first-order valence-electron chi connectivity index (χ1n) is 9.45. The van der Waals surface area contributed by atoms with Gasteiger partial charge in [-0.15, -0.1) is 0 Å². The van der Waals surface area contributed by atoms with Gasteiger partial charge < -0.3 is 26.6 Å². The highest BCUT2D eigenvalue weighted by Gasteiger charge is 2.40. The summed E-state index contributed by atoms with van der Waals surface area (Å²) in [5, 5.41) is 9.24. The van der Waals surface area contributed by atoms with Crippen LogP contribution in [0.5, 0.6) is 0 Å². The molecular weight excluding hydrogens is 346 g/mol. The molecule has 146 valence electrons. The van der Waals surface area contributed by atoms with Crippen LogP contribution < -0.4 is 21.7 Å². The second kappa shape index (κ2) is 8.96. The van der Waals surface area contributed by atoms with E-state index < -0.39 is 6.04 Å². The number of hydrogen-bond donors (Lipinski definition) is 4. The van der Waals surface area contributed by atoms with Crippen molar-refractivity contribution in [3.05, 3.63) is 35.9 Å². The van der Waals surface area contributed by atoms with Gasteiger partial charge in [0, 0.05) is 24.2 Å².